The van der Waals surface area contributed by atoms with Gasteiger partial charge in [-0.2, -0.15) is 0 Å². The van der Waals surface area contributed by atoms with E-state index in [-0.39, 0.29) is 22.9 Å². The molecule has 6 heteroatoms. The summed E-state index contributed by atoms with van der Waals surface area (Å²) >= 11 is 12.1. The minimum atomic E-state index is -0.466. The van der Waals surface area contributed by atoms with Crippen LogP contribution in [0.5, 0.6) is 11.5 Å². The van der Waals surface area contributed by atoms with Crippen LogP contribution in [0.2, 0.25) is 10.0 Å². The fourth-order valence-corrected chi connectivity index (χ4v) is 2.73. The average molecular weight is 328 g/mol. The second kappa shape index (κ2) is 5.62. The molecule has 0 saturated carbocycles. The minimum Gasteiger partial charge on any atom is -0.454 e. The van der Waals surface area contributed by atoms with Gasteiger partial charge < -0.3 is 14.8 Å². The Balaban J connectivity index is 1.85. The highest BCUT2D eigenvalue weighted by Crippen LogP contribution is 2.37. The Morgan fingerprint density at radius 1 is 1.10 bits per heavy atom. The molecule has 0 radical (unpaired) electrons. The molecule has 1 atom stereocenters. The lowest BCUT2D eigenvalue weighted by Crippen LogP contribution is -2.07. The van der Waals surface area contributed by atoms with E-state index in [0.717, 1.165) is 11.3 Å². The highest BCUT2D eigenvalue weighted by molar-refractivity contribution is 6.39. The van der Waals surface area contributed by atoms with Gasteiger partial charge in [-0.3, -0.25) is 0 Å². The standard InChI is InChI=1S/C15H12Cl2FNO2/c1-8(9-2-3-13-14(4-9)21-7-20-13)19-15-11(16)5-10(18)6-12(15)17/h2-6,8,19H,7H2,1H3. The van der Waals surface area contributed by atoms with E-state index < -0.39 is 5.82 Å². The fourth-order valence-electron chi connectivity index (χ4n) is 2.16. The maximum absolute atomic E-state index is 13.2. The van der Waals surface area contributed by atoms with Gasteiger partial charge in [-0.25, -0.2) is 4.39 Å². The molecule has 0 fully saturated rings. The molecule has 3 rings (SSSR count). The predicted molar refractivity (Wildman–Crippen MR) is 81.0 cm³/mol. The van der Waals surface area contributed by atoms with Crippen LogP contribution in [0.1, 0.15) is 18.5 Å². The fraction of sp³-hybridized carbons (Fsp3) is 0.200. The zero-order chi connectivity index (χ0) is 15.0. The molecule has 0 aromatic heterocycles. The summed E-state index contributed by atoms with van der Waals surface area (Å²) in [5, 5.41) is 3.67. The number of benzene rings is 2. The van der Waals surface area contributed by atoms with Crippen molar-refractivity contribution in [3.05, 3.63) is 51.8 Å². The van der Waals surface area contributed by atoms with Crippen molar-refractivity contribution >= 4 is 28.9 Å². The van der Waals surface area contributed by atoms with Gasteiger partial charge in [-0.15, -0.1) is 0 Å². The third-order valence-electron chi connectivity index (χ3n) is 3.26. The SMILES string of the molecule is CC(Nc1c(Cl)cc(F)cc1Cl)c1ccc2c(c1)OCO2. The van der Waals surface area contributed by atoms with Crippen molar-refractivity contribution in [2.75, 3.05) is 12.1 Å². The predicted octanol–water partition coefficient (Wildman–Crippen LogP) is 5.03. The number of rotatable bonds is 3. The maximum Gasteiger partial charge on any atom is 0.231 e. The summed E-state index contributed by atoms with van der Waals surface area (Å²) in [6.07, 6.45) is 0. The number of hydrogen-bond acceptors (Lipinski definition) is 3. The van der Waals surface area contributed by atoms with Gasteiger partial charge in [-0.05, 0) is 36.8 Å². The van der Waals surface area contributed by atoms with Crippen molar-refractivity contribution in [2.24, 2.45) is 0 Å². The second-order valence-corrected chi connectivity index (χ2v) is 5.54. The lowest BCUT2D eigenvalue weighted by Gasteiger charge is -2.18. The van der Waals surface area contributed by atoms with Gasteiger partial charge in [0.1, 0.15) is 5.82 Å². The Bertz CT molecular complexity index is 670. The molecular formula is C15H12Cl2FNO2. The van der Waals surface area contributed by atoms with Crippen LogP contribution < -0.4 is 14.8 Å². The number of fused-ring (bicyclic) bond motifs is 1. The normalized spacial score (nSPS) is 14.1. The van der Waals surface area contributed by atoms with Gasteiger partial charge in [0.2, 0.25) is 6.79 Å². The molecular weight excluding hydrogens is 316 g/mol. The van der Waals surface area contributed by atoms with Crippen LogP contribution in [0.15, 0.2) is 30.3 Å². The van der Waals surface area contributed by atoms with E-state index in [4.69, 9.17) is 32.7 Å². The molecule has 3 nitrogen and oxygen atoms in total. The van der Waals surface area contributed by atoms with E-state index in [9.17, 15) is 4.39 Å². The first-order chi connectivity index (χ1) is 10.0. The first-order valence-corrected chi connectivity index (χ1v) is 7.11. The van der Waals surface area contributed by atoms with Crippen molar-refractivity contribution < 1.29 is 13.9 Å². The highest BCUT2D eigenvalue weighted by atomic mass is 35.5. The Labute approximate surface area is 131 Å². The Hall–Kier alpha value is -1.65. The van der Waals surface area contributed by atoms with Crippen LogP contribution in [0.4, 0.5) is 10.1 Å². The second-order valence-electron chi connectivity index (χ2n) is 4.72. The molecule has 0 aliphatic carbocycles. The van der Waals surface area contributed by atoms with Crippen molar-refractivity contribution in [3.63, 3.8) is 0 Å². The van der Waals surface area contributed by atoms with E-state index in [1.807, 2.05) is 25.1 Å². The van der Waals surface area contributed by atoms with Crippen LogP contribution in [-0.2, 0) is 0 Å². The van der Waals surface area contributed by atoms with Crippen molar-refractivity contribution in [2.45, 2.75) is 13.0 Å². The molecule has 0 bridgehead atoms. The maximum atomic E-state index is 13.2. The van der Waals surface area contributed by atoms with E-state index in [1.165, 1.54) is 12.1 Å². The van der Waals surface area contributed by atoms with Crippen LogP contribution in [0, 0.1) is 5.82 Å². The topological polar surface area (TPSA) is 30.5 Å². The Morgan fingerprint density at radius 3 is 2.48 bits per heavy atom. The number of ether oxygens (including phenoxy) is 2. The molecule has 1 aliphatic heterocycles. The van der Waals surface area contributed by atoms with E-state index in [0.29, 0.717) is 11.4 Å². The molecule has 2 aromatic carbocycles. The number of nitrogens with one attached hydrogen (secondary N) is 1. The molecule has 0 saturated heterocycles. The molecule has 110 valence electrons. The average Bonchev–Trinajstić information content (AvgIpc) is 2.89. The van der Waals surface area contributed by atoms with E-state index in [2.05, 4.69) is 5.32 Å². The summed E-state index contributed by atoms with van der Waals surface area (Å²) in [5.74, 6) is 0.965. The number of anilines is 1. The summed E-state index contributed by atoms with van der Waals surface area (Å²) in [5.41, 5.74) is 1.49. The Kier molecular flexibility index (Phi) is 3.83. The molecule has 1 N–H and O–H groups in total. The van der Waals surface area contributed by atoms with E-state index >= 15 is 0 Å². The van der Waals surface area contributed by atoms with Gasteiger partial charge in [0.15, 0.2) is 11.5 Å². The van der Waals surface area contributed by atoms with Gasteiger partial charge in [0, 0.05) is 6.04 Å². The van der Waals surface area contributed by atoms with Gasteiger partial charge >= 0.3 is 0 Å². The lowest BCUT2D eigenvalue weighted by atomic mass is 10.1. The monoisotopic (exact) mass is 327 g/mol. The molecule has 1 unspecified atom stereocenters. The van der Waals surface area contributed by atoms with Crippen LogP contribution in [0.3, 0.4) is 0 Å². The Morgan fingerprint density at radius 2 is 1.76 bits per heavy atom. The molecule has 1 aliphatic rings. The first kappa shape index (κ1) is 14.3. The number of halogens is 3. The summed E-state index contributed by atoms with van der Waals surface area (Å²) in [6.45, 7) is 2.18. The smallest absolute Gasteiger partial charge is 0.231 e. The molecule has 1 heterocycles. The van der Waals surface area contributed by atoms with Gasteiger partial charge in [-0.1, -0.05) is 29.3 Å². The summed E-state index contributed by atoms with van der Waals surface area (Å²) in [4.78, 5) is 0. The van der Waals surface area contributed by atoms with Crippen molar-refractivity contribution in [1.29, 1.82) is 0 Å². The summed E-state index contributed by atoms with van der Waals surface area (Å²) < 4.78 is 23.8. The first-order valence-electron chi connectivity index (χ1n) is 6.35. The van der Waals surface area contributed by atoms with Crippen molar-refractivity contribution in [3.8, 4) is 11.5 Å². The van der Waals surface area contributed by atoms with E-state index in [1.54, 1.807) is 0 Å². The molecule has 21 heavy (non-hydrogen) atoms. The summed E-state index contributed by atoms with van der Waals surface area (Å²) in [7, 11) is 0. The van der Waals surface area contributed by atoms with Gasteiger partial charge in [0.25, 0.3) is 0 Å². The van der Waals surface area contributed by atoms with Crippen LogP contribution >= 0.6 is 23.2 Å². The molecule has 2 aromatic rings. The summed E-state index contributed by atoms with van der Waals surface area (Å²) in [6, 6.07) is 8.04. The van der Waals surface area contributed by atoms with Crippen LogP contribution in [0.25, 0.3) is 0 Å². The third-order valence-corrected chi connectivity index (χ3v) is 3.86. The lowest BCUT2D eigenvalue weighted by molar-refractivity contribution is 0.174. The quantitative estimate of drug-likeness (QED) is 0.857. The van der Waals surface area contributed by atoms with Crippen LogP contribution in [-0.4, -0.2) is 6.79 Å². The van der Waals surface area contributed by atoms with Crippen molar-refractivity contribution in [1.82, 2.24) is 0 Å². The zero-order valence-electron chi connectivity index (χ0n) is 11.1. The third kappa shape index (κ3) is 2.87. The highest BCUT2D eigenvalue weighted by Gasteiger charge is 2.17. The van der Waals surface area contributed by atoms with Gasteiger partial charge in [0.05, 0.1) is 15.7 Å². The molecule has 0 amide bonds. The number of hydrogen-bond donors (Lipinski definition) is 1. The molecule has 0 spiro atoms. The zero-order valence-corrected chi connectivity index (χ0v) is 12.6. The largest absolute Gasteiger partial charge is 0.454 e. The minimum absolute atomic E-state index is 0.0834.